The van der Waals surface area contributed by atoms with E-state index < -0.39 is 11.1 Å². The van der Waals surface area contributed by atoms with Gasteiger partial charge < -0.3 is 18.8 Å². The van der Waals surface area contributed by atoms with Crippen molar-refractivity contribution in [1.29, 1.82) is 0 Å². The first-order chi connectivity index (χ1) is 15.0. The standard InChI is InChI=1S/C23H20N2O5S/c1-28-20-11-15(12-21(29-2)23(20)30-3)19-13-24-18-6-4-5-17(22(18)25-19)14-7-9-16(10-8-14)31(26)27/h4-13H,1-3H3,(H,26,27). The molecule has 4 aromatic rings. The number of benzene rings is 3. The van der Waals surface area contributed by atoms with Gasteiger partial charge >= 0.3 is 0 Å². The lowest BCUT2D eigenvalue weighted by Gasteiger charge is -2.14. The smallest absolute Gasteiger partial charge is 0.203 e. The second-order valence-corrected chi connectivity index (χ2v) is 7.59. The molecule has 0 bridgehead atoms. The van der Waals surface area contributed by atoms with Crippen LogP contribution in [0.3, 0.4) is 0 Å². The highest BCUT2D eigenvalue weighted by molar-refractivity contribution is 7.79. The van der Waals surface area contributed by atoms with Crippen molar-refractivity contribution < 1.29 is 23.0 Å². The van der Waals surface area contributed by atoms with Crippen LogP contribution >= 0.6 is 0 Å². The van der Waals surface area contributed by atoms with Gasteiger partial charge in [-0.05, 0) is 35.9 Å². The largest absolute Gasteiger partial charge is 0.493 e. The summed E-state index contributed by atoms with van der Waals surface area (Å²) < 4.78 is 36.8. The number of hydrogen-bond acceptors (Lipinski definition) is 6. The number of rotatable bonds is 6. The van der Waals surface area contributed by atoms with Crippen molar-refractivity contribution in [2.75, 3.05) is 21.3 Å². The quantitative estimate of drug-likeness (QED) is 0.443. The number of hydrogen-bond donors (Lipinski definition) is 1. The van der Waals surface area contributed by atoms with Crippen molar-refractivity contribution >= 4 is 22.1 Å². The Bertz CT molecular complexity index is 1250. The third kappa shape index (κ3) is 3.95. The fourth-order valence-electron chi connectivity index (χ4n) is 3.38. The molecule has 0 fully saturated rings. The number of nitrogens with zero attached hydrogens (tertiary/aromatic N) is 2. The van der Waals surface area contributed by atoms with Gasteiger partial charge in [-0.25, -0.2) is 9.19 Å². The van der Waals surface area contributed by atoms with Crippen LogP contribution in [0, 0.1) is 0 Å². The van der Waals surface area contributed by atoms with Crippen molar-refractivity contribution in [2.45, 2.75) is 4.90 Å². The Morgan fingerprint density at radius 2 is 1.55 bits per heavy atom. The van der Waals surface area contributed by atoms with Gasteiger partial charge in [-0.3, -0.25) is 4.98 Å². The molecule has 0 saturated carbocycles. The van der Waals surface area contributed by atoms with E-state index in [-0.39, 0.29) is 0 Å². The Labute approximate surface area is 181 Å². The summed E-state index contributed by atoms with van der Waals surface area (Å²) >= 11 is -2.02. The van der Waals surface area contributed by atoms with Crippen LogP contribution in [0.4, 0.5) is 0 Å². The lowest BCUT2D eigenvalue weighted by atomic mass is 10.0. The molecule has 0 aliphatic rings. The molecule has 31 heavy (non-hydrogen) atoms. The fraction of sp³-hybridized carbons (Fsp3) is 0.130. The summed E-state index contributed by atoms with van der Waals surface area (Å²) in [6.45, 7) is 0. The van der Waals surface area contributed by atoms with Crippen LogP contribution in [0.15, 0.2) is 65.7 Å². The molecular weight excluding hydrogens is 416 g/mol. The Balaban J connectivity index is 1.87. The highest BCUT2D eigenvalue weighted by Crippen LogP contribution is 2.41. The van der Waals surface area contributed by atoms with Gasteiger partial charge in [0.05, 0.1) is 49.1 Å². The zero-order valence-electron chi connectivity index (χ0n) is 17.2. The van der Waals surface area contributed by atoms with Crippen LogP contribution in [-0.2, 0) is 11.1 Å². The molecule has 0 spiro atoms. The molecule has 0 aliphatic heterocycles. The summed E-state index contributed by atoms with van der Waals surface area (Å²) in [6.07, 6.45) is 1.70. The highest BCUT2D eigenvalue weighted by Gasteiger charge is 2.16. The van der Waals surface area contributed by atoms with Gasteiger partial charge in [-0.15, -0.1) is 0 Å². The number of ether oxygens (including phenoxy) is 3. The SMILES string of the molecule is COc1cc(-c2cnc3cccc(-c4ccc(S(=O)O)cc4)c3n2)cc(OC)c1OC. The molecule has 1 heterocycles. The van der Waals surface area contributed by atoms with E-state index in [1.54, 1.807) is 51.8 Å². The van der Waals surface area contributed by atoms with Gasteiger partial charge in [0.1, 0.15) is 0 Å². The van der Waals surface area contributed by atoms with Crippen LogP contribution in [-0.4, -0.2) is 40.1 Å². The van der Waals surface area contributed by atoms with E-state index in [1.807, 2.05) is 30.3 Å². The molecule has 0 amide bonds. The molecule has 1 atom stereocenters. The lowest BCUT2D eigenvalue weighted by Crippen LogP contribution is -1.97. The van der Waals surface area contributed by atoms with E-state index in [1.165, 1.54) is 0 Å². The summed E-state index contributed by atoms with van der Waals surface area (Å²) in [7, 11) is 4.68. The first-order valence-corrected chi connectivity index (χ1v) is 10.4. The first kappa shape index (κ1) is 20.8. The van der Waals surface area contributed by atoms with Crippen LogP contribution in [0.25, 0.3) is 33.4 Å². The van der Waals surface area contributed by atoms with Gasteiger partial charge in [0.2, 0.25) is 5.75 Å². The normalized spacial score (nSPS) is 11.9. The third-order valence-electron chi connectivity index (χ3n) is 4.90. The number of aromatic nitrogens is 2. The number of methoxy groups -OCH3 is 3. The van der Waals surface area contributed by atoms with Gasteiger partial charge in [-0.2, -0.15) is 0 Å². The van der Waals surface area contributed by atoms with Crippen LogP contribution in [0.1, 0.15) is 0 Å². The average molecular weight is 436 g/mol. The maximum absolute atomic E-state index is 11.3. The predicted octanol–water partition coefficient (Wildman–Crippen LogP) is 4.57. The minimum absolute atomic E-state index is 0.341. The summed E-state index contributed by atoms with van der Waals surface area (Å²) in [5.74, 6) is 1.56. The van der Waals surface area contributed by atoms with Crippen LogP contribution in [0.5, 0.6) is 17.2 Å². The van der Waals surface area contributed by atoms with E-state index >= 15 is 0 Å². The number of para-hydroxylation sites is 1. The topological polar surface area (TPSA) is 90.8 Å². The van der Waals surface area contributed by atoms with E-state index in [4.69, 9.17) is 19.2 Å². The van der Waals surface area contributed by atoms with E-state index in [0.29, 0.717) is 33.4 Å². The molecule has 8 heteroatoms. The van der Waals surface area contributed by atoms with Crippen LogP contribution < -0.4 is 14.2 Å². The zero-order valence-corrected chi connectivity index (χ0v) is 18.0. The lowest BCUT2D eigenvalue weighted by molar-refractivity contribution is 0.324. The molecule has 0 saturated heterocycles. The summed E-state index contributed by atoms with van der Waals surface area (Å²) in [5, 5.41) is 0. The third-order valence-corrected chi connectivity index (χ3v) is 5.58. The van der Waals surface area contributed by atoms with Gasteiger partial charge in [0, 0.05) is 11.1 Å². The summed E-state index contributed by atoms with van der Waals surface area (Å²) in [5.41, 5.74) is 4.61. The molecule has 1 unspecified atom stereocenters. The molecule has 1 aromatic heterocycles. The molecular formula is C23H20N2O5S. The monoisotopic (exact) mass is 436 g/mol. The maximum Gasteiger partial charge on any atom is 0.203 e. The average Bonchev–Trinajstić information content (AvgIpc) is 2.82. The van der Waals surface area contributed by atoms with Crippen molar-refractivity contribution in [1.82, 2.24) is 9.97 Å². The molecule has 158 valence electrons. The maximum atomic E-state index is 11.3. The van der Waals surface area contributed by atoms with Gasteiger partial charge in [-0.1, -0.05) is 24.3 Å². The molecule has 7 nitrogen and oxygen atoms in total. The van der Waals surface area contributed by atoms with Crippen molar-refractivity contribution in [3.05, 3.63) is 60.8 Å². The highest BCUT2D eigenvalue weighted by atomic mass is 32.2. The van der Waals surface area contributed by atoms with E-state index in [0.717, 1.165) is 22.2 Å². The molecule has 1 N–H and O–H groups in total. The fourth-order valence-corrected chi connectivity index (χ4v) is 3.75. The van der Waals surface area contributed by atoms with Crippen molar-refractivity contribution in [2.24, 2.45) is 0 Å². The number of fused-ring (bicyclic) bond motifs is 1. The molecule has 0 radical (unpaired) electrons. The van der Waals surface area contributed by atoms with Gasteiger partial charge in [0.25, 0.3) is 0 Å². The summed E-state index contributed by atoms with van der Waals surface area (Å²) in [6, 6.07) is 16.2. The Morgan fingerprint density at radius 1 is 0.871 bits per heavy atom. The Morgan fingerprint density at radius 3 is 2.13 bits per heavy atom. The van der Waals surface area contributed by atoms with Crippen LogP contribution in [0.2, 0.25) is 0 Å². The first-order valence-electron chi connectivity index (χ1n) is 9.33. The Hall–Kier alpha value is -3.49. The van der Waals surface area contributed by atoms with Crippen molar-refractivity contribution in [3.63, 3.8) is 0 Å². The molecule has 0 aliphatic carbocycles. The zero-order chi connectivity index (χ0) is 22.0. The Kier molecular flexibility index (Phi) is 5.83. The predicted molar refractivity (Wildman–Crippen MR) is 119 cm³/mol. The van der Waals surface area contributed by atoms with E-state index in [2.05, 4.69) is 4.98 Å². The minimum atomic E-state index is -2.02. The van der Waals surface area contributed by atoms with E-state index in [9.17, 15) is 8.76 Å². The van der Waals surface area contributed by atoms with Gasteiger partial charge in [0.15, 0.2) is 22.6 Å². The van der Waals surface area contributed by atoms with Crippen molar-refractivity contribution in [3.8, 4) is 39.6 Å². The second-order valence-electron chi connectivity index (χ2n) is 6.62. The summed E-state index contributed by atoms with van der Waals surface area (Å²) in [4.78, 5) is 9.78. The second kappa shape index (κ2) is 8.71. The molecule has 3 aromatic carbocycles. The molecule has 4 rings (SSSR count). The minimum Gasteiger partial charge on any atom is -0.493 e.